The number of carboxylic acids is 1. The summed E-state index contributed by atoms with van der Waals surface area (Å²) >= 11 is 0. The molecule has 1 fully saturated rings. The van der Waals surface area contributed by atoms with Gasteiger partial charge in [0, 0.05) is 32.0 Å². The van der Waals surface area contributed by atoms with Crippen molar-refractivity contribution in [2.45, 2.75) is 25.4 Å². The smallest absolute Gasteiger partial charge is 0.328 e. The van der Waals surface area contributed by atoms with Crippen LogP contribution in [0, 0.1) is 0 Å². The standard InChI is InChI=1S/C16H21NO3/c1-17(12-14-7-4-5-11-20-14)15-8-3-2-6-13(15)9-10-16(18)19/h2-3,6,8-10,14H,4-5,7,11-12H2,1H3,(H,18,19). The second-order valence-electron chi connectivity index (χ2n) is 5.10. The number of nitrogens with zero attached hydrogens (tertiary/aromatic N) is 1. The predicted octanol–water partition coefficient (Wildman–Crippen LogP) is 2.79. The number of anilines is 1. The third-order valence-corrected chi connectivity index (χ3v) is 3.50. The quantitative estimate of drug-likeness (QED) is 0.839. The Bertz CT molecular complexity index is 478. The molecule has 0 spiro atoms. The lowest BCUT2D eigenvalue weighted by Crippen LogP contribution is -2.33. The molecule has 1 aromatic rings. The van der Waals surface area contributed by atoms with E-state index in [0.29, 0.717) is 0 Å². The SMILES string of the molecule is CN(CC1CCCCO1)c1ccccc1C=CC(=O)O. The molecule has 1 aromatic carbocycles. The van der Waals surface area contributed by atoms with Gasteiger partial charge in [0.05, 0.1) is 6.10 Å². The van der Waals surface area contributed by atoms with Crippen molar-refractivity contribution in [1.29, 1.82) is 0 Å². The first kappa shape index (κ1) is 14.6. The summed E-state index contributed by atoms with van der Waals surface area (Å²) in [7, 11) is 2.02. The van der Waals surface area contributed by atoms with Gasteiger partial charge in [-0.2, -0.15) is 0 Å². The van der Waals surface area contributed by atoms with Gasteiger partial charge < -0.3 is 14.7 Å². The summed E-state index contributed by atoms with van der Waals surface area (Å²) in [5, 5.41) is 8.74. The number of para-hydroxylation sites is 1. The number of carboxylic acid groups (broad SMARTS) is 1. The largest absolute Gasteiger partial charge is 0.478 e. The molecule has 0 amide bonds. The molecule has 0 aliphatic carbocycles. The Balaban J connectivity index is 2.08. The third-order valence-electron chi connectivity index (χ3n) is 3.50. The van der Waals surface area contributed by atoms with Gasteiger partial charge in [0.1, 0.15) is 0 Å². The van der Waals surface area contributed by atoms with Gasteiger partial charge in [-0.25, -0.2) is 4.79 Å². The van der Waals surface area contributed by atoms with Crippen LogP contribution in [0.4, 0.5) is 5.69 Å². The Morgan fingerprint density at radius 1 is 1.45 bits per heavy atom. The molecule has 1 atom stereocenters. The highest BCUT2D eigenvalue weighted by Gasteiger charge is 2.17. The van der Waals surface area contributed by atoms with Crippen molar-refractivity contribution >= 4 is 17.7 Å². The highest BCUT2D eigenvalue weighted by molar-refractivity contribution is 5.86. The summed E-state index contributed by atoms with van der Waals surface area (Å²) in [5.74, 6) is -0.932. The summed E-state index contributed by atoms with van der Waals surface area (Å²) in [4.78, 5) is 12.8. The van der Waals surface area contributed by atoms with Crippen molar-refractivity contribution in [2.75, 3.05) is 25.1 Å². The van der Waals surface area contributed by atoms with Crippen LogP contribution < -0.4 is 4.90 Å². The number of rotatable bonds is 5. The van der Waals surface area contributed by atoms with Crippen LogP contribution in [-0.2, 0) is 9.53 Å². The zero-order valence-electron chi connectivity index (χ0n) is 11.8. The van der Waals surface area contributed by atoms with Gasteiger partial charge in [0.25, 0.3) is 0 Å². The Kier molecular flexibility index (Phi) is 5.18. The van der Waals surface area contributed by atoms with E-state index in [1.54, 1.807) is 6.08 Å². The van der Waals surface area contributed by atoms with E-state index in [2.05, 4.69) is 4.90 Å². The molecular formula is C16H21NO3. The molecule has 1 N–H and O–H groups in total. The van der Waals surface area contributed by atoms with Gasteiger partial charge in [-0.05, 0) is 37.0 Å². The number of hydrogen-bond acceptors (Lipinski definition) is 3. The molecule has 108 valence electrons. The van der Waals surface area contributed by atoms with E-state index in [4.69, 9.17) is 9.84 Å². The minimum atomic E-state index is -0.932. The van der Waals surface area contributed by atoms with Crippen LogP contribution in [0.3, 0.4) is 0 Å². The highest BCUT2D eigenvalue weighted by atomic mass is 16.5. The molecule has 1 aliphatic rings. The summed E-state index contributed by atoms with van der Waals surface area (Å²) in [6, 6.07) is 7.80. The van der Waals surface area contributed by atoms with E-state index in [9.17, 15) is 4.79 Å². The molecule has 1 saturated heterocycles. The van der Waals surface area contributed by atoms with Crippen molar-refractivity contribution in [3.63, 3.8) is 0 Å². The molecule has 1 heterocycles. The van der Waals surface area contributed by atoms with Crippen molar-refractivity contribution in [1.82, 2.24) is 0 Å². The number of hydrogen-bond donors (Lipinski definition) is 1. The molecule has 1 unspecified atom stereocenters. The summed E-state index contributed by atoms with van der Waals surface area (Å²) in [5.41, 5.74) is 1.94. The minimum Gasteiger partial charge on any atom is -0.478 e. The average Bonchev–Trinajstić information content (AvgIpc) is 2.46. The summed E-state index contributed by atoms with van der Waals surface area (Å²) < 4.78 is 5.75. The third kappa shape index (κ3) is 4.10. The fourth-order valence-electron chi connectivity index (χ4n) is 2.49. The topological polar surface area (TPSA) is 49.8 Å². The lowest BCUT2D eigenvalue weighted by molar-refractivity contribution is -0.131. The Morgan fingerprint density at radius 2 is 2.25 bits per heavy atom. The lowest BCUT2D eigenvalue weighted by Gasteiger charge is -2.29. The van der Waals surface area contributed by atoms with E-state index >= 15 is 0 Å². The molecule has 0 saturated carbocycles. The number of ether oxygens (including phenoxy) is 1. The van der Waals surface area contributed by atoms with E-state index in [-0.39, 0.29) is 6.10 Å². The molecule has 20 heavy (non-hydrogen) atoms. The maximum absolute atomic E-state index is 10.7. The first-order valence-electron chi connectivity index (χ1n) is 6.99. The van der Waals surface area contributed by atoms with Crippen LogP contribution in [0.2, 0.25) is 0 Å². The maximum atomic E-state index is 10.7. The van der Waals surface area contributed by atoms with Crippen molar-refractivity contribution < 1.29 is 14.6 Å². The number of aliphatic carboxylic acids is 1. The monoisotopic (exact) mass is 275 g/mol. The van der Waals surface area contributed by atoms with Gasteiger partial charge in [0.2, 0.25) is 0 Å². The Labute approximate surface area is 119 Å². The van der Waals surface area contributed by atoms with Gasteiger partial charge in [-0.1, -0.05) is 18.2 Å². The maximum Gasteiger partial charge on any atom is 0.328 e. The molecular weight excluding hydrogens is 254 g/mol. The zero-order valence-corrected chi connectivity index (χ0v) is 11.8. The average molecular weight is 275 g/mol. The first-order valence-corrected chi connectivity index (χ1v) is 6.99. The molecule has 0 radical (unpaired) electrons. The predicted molar refractivity (Wildman–Crippen MR) is 80.0 cm³/mol. The van der Waals surface area contributed by atoms with Gasteiger partial charge >= 0.3 is 5.97 Å². The fraction of sp³-hybridized carbons (Fsp3) is 0.438. The van der Waals surface area contributed by atoms with E-state index in [1.165, 1.54) is 12.5 Å². The fourth-order valence-corrected chi connectivity index (χ4v) is 2.49. The molecule has 1 aliphatic heterocycles. The molecule has 4 heteroatoms. The van der Waals surface area contributed by atoms with Crippen molar-refractivity contribution in [2.24, 2.45) is 0 Å². The molecule has 0 bridgehead atoms. The van der Waals surface area contributed by atoms with E-state index < -0.39 is 5.97 Å². The van der Waals surface area contributed by atoms with Crippen LogP contribution in [0.25, 0.3) is 6.08 Å². The Hall–Kier alpha value is -1.81. The van der Waals surface area contributed by atoms with Gasteiger partial charge in [-0.15, -0.1) is 0 Å². The zero-order chi connectivity index (χ0) is 14.4. The number of benzene rings is 1. The molecule has 0 aromatic heterocycles. The molecule has 4 nitrogen and oxygen atoms in total. The Morgan fingerprint density at radius 3 is 2.95 bits per heavy atom. The first-order chi connectivity index (χ1) is 9.66. The van der Waals surface area contributed by atoms with Crippen LogP contribution in [0.1, 0.15) is 24.8 Å². The minimum absolute atomic E-state index is 0.269. The molecule has 2 rings (SSSR count). The van der Waals surface area contributed by atoms with Gasteiger partial charge in [-0.3, -0.25) is 0 Å². The van der Waals surface area contributed by atoms with Crippen molar-refractivity contribution in [3.05, 3.63) is 35.9 Å². The lowest BCUT2D eigenvalue weighted by atomic mass is 10.1. The second kappa shape index (κ2) is 7.10. The summed E-state index contributed by atoms with van der Waals surface area (Å²) in [6.07, 6.45) is 6.54. The van der Waals surface area contributed by atoms with E-state index in [1.807, 2.05) is 31.3 Å². The highest BCUT2D eigenvalue weighted by Crippen LogP contribution is 2.22. The number of likely N-dealkylation sites (N-methyl/N-ethyl adjacent to an activating group) is 1. The van der Waals surface area contributed by atoms with Crippen LogP contribution in [-0.4, -0.2) is 37.4 Å². The van der Waals surface area contributed by atoms with Crippen LogP contribution >= 0.6 is 0 Å². The van der Waals surface area contributed by atoms with E-state index in [0.717, 1.165) is 37.2 Å². The van der Waals surface area contributed by atoms with Gasteiger partial charge in [0.15, 0.2) is 0 Å². The number of carbonyl (C=O) groups is 1. The normalized spacial score (nSPS) is 19.1. The second-order valence-corrected chi connectivity index (χ2v) is 5.10. The summed E-state index contributed by atoms with van der Waals surface area (Å²) in [6.45, 7) is 1.68. The van der Waals surface area contributed by atoms with Crippen molar-refractivity contribution in [3.8, 4) is 0 Å². The van der Waals surface area contributed by atoms with Crippen LogP contribution in [0.15, 0.2) is 30.3 Å². The van der Waals surface area contributed by atoms with Crippen LogP contribution in [0.5, 0.6) is 0 Å².